The Morgan fingerprint density at radius 3 is 2.93 bits per heavy atom. The van der Waals surface area contributed by atoms with Crippen LogP contribution in [0.4, 0.5) is 0 Å². The first kappa shape index (κ1) is 11.6. The van der Waals surface area contributed by atoms with Gasteiger partial charge >= 0.3 is 0 Å². The molecule has 1 rings (SSSR count). The highest BCUT2D eigenvalue weighted by molar-refractivity contribution is 7.07. The predicted molar refractivity (Wildman–Crippen MR) is 59.4 cm³/mol. The molecule has 2 N–H and O–H groups in total. The van der Waals surface area contributed by atoms with Crippen LogP contribution in [0.15, 0.2) is 10.9 Å². The van der Waals surface area contributed by atoms with Crippen LogP contribution < -0.4 is 5.32 Å². The molecule has 4 heteroatoms. The molecule has 1 aromatic heterocycles. The van der Waals surface area contributed by atoms with E-state index in [9.17, 15) is 5.11 Å². The van der Waals surface area contributed by atoms with Crippen LogP contribution in [0.2, 0.25) is 0 Å². The Kier molecular flexibility index (Phi) is 4.51. The maximum absolute atomic E-state index is 9.26. The van der Waals surface area contributed by atoms with E-state index in [4.69, 9.17) is 0 Å². The third-order valence-electron chi connectivity index (χ3n) is 2.33. The maximum atomic E-state index is 9.26. The summed E-state index contributed by atoms with van der Waals surface area (Å²) in [4.78, 5) is 4.19. The summed E-state index contributed by atoms with van der Waals surface area (Å²) in [5.74, 6) is 0. The molecule has 14 heavy (non-hydrogen) atoms. The first-order valence-corrected chi connectivity index (χ1v) is 5.87. The highest BCUT2D eigenvalue weighted by Crippen LogP contribution is 2.12. The normalized spacial score (nSPS) is 15.4. The van der Waals surface area contributed by atoms with Gasteiger partial charge in [0, 0.05) is 17.5 Å². The van der Waals surface area contributed by atoms with Crippen molar-refractivity contribution in [1.29, 1.82) is 0 Å². The van der Waals surface area contributed by atoms with Gasteiger partial charge < -0.3 is 10.4 Å². The molecule has 0 amide bonds. The van der Waals surface area contributed by atoms with Gasteiger partial charge in [-0.15, -0.1) is 11.3 Å². The van der Waals surface area contributed by atoms with Crippen molar-refractivity contribution in [3.05, 3.63) is 16.6 Å². The zero-order chi connectivity index (χ0) is 10.4. The molecular weight excluding hydrogens is 196 g/mol. The number of aromatic nitrogens is 1. The molecule has 0 radical (unpaired) electrons. The van der Waals surface area contributed by atoms with Gasteiger partial charge in [-0.25, -0.2) is 4.98 Å². The molecule has 3 nitrogen and oxygen atoms in total. The van der Waals surface area contributed by atoms with Gasteiger partial charge in [0.2, 0.25) is 0 Å². The zero-order valence-corrected chi connectivity index (χ0v) is 9.60. The molecule has 0 spiro atoms. The molecule has 0 aliphatic rings. The molecule has 0 aromatic carbocycles. The lowest BCUT2D eigenvalue weighted by atomic mass is 9.97. The van der Waals surface area contributed by atoms with E-state index >= 15 is 0 Å². The van der Waals surface area contributed by atoms with E-state index < -0.39 is 0 Å². The standard InChI is InChI=1S/C10H18N2OS/c1-3-4-10(2,7-13)12-5-9-6-14-8-11-9/h6,8,12-13H,3-5,7H2,1-2H3. The fraction of sp³-hybridized carbons (Fsp3) is 0.700. The van der Waals surface area contributed by atoms with E-state index in [0.29, 0.717) is 0 Å². The summed E-state index contributed by atoms with van der Waals surface area (Å²) in [6.07, 6.45) is 2.05. The van der Waals surface area contributed by atoms with Crippen molar-refractivity contribution in [2.75, 3.05) is 6.61 Å². The van der Waals surface area contributed by atoms with E-state index in [2.05, 4.69) is 17.2 Å². The van der Waals surface area contributed by atoms with Gasteiger partial charge in [0.1, 0.15) is 0 Å². The number of aliphatic hydroxyl groups excluding tert-OH is 1. The highest BCUT2D eigenvalue weighted by Gasteiger charge is 2.21. The van der Waals surface area contributed by atoms with Gasteiger partial charge in [0.25, 0.3) is 0 Å². The van der Waals surface area contributed by atoms with Gasteiger partial charge in [0.15, 0.2) is 0 Å². The van der Waals surface area contributed by atoms with Crippen LogP contribution in [0, 0.1) is 0 Å². The Bertz CT molecular complexity index is 251. The maximum Gasteiger partial charge on any atom is 0.0795 e. The van der Waals surface area contributed by atoms with Gasteiger partial charge in [-0.05, 0) is 13.3 Å². The largest absolute Gasteiger partial charge is 0.394 e. The lowest BCUT2D eigenvalue weighted by Crippen LogP contribution is -2.45. The number of nitrogens with zero attached hydrogens (tertiary/aromatic N) is 1. The van der Waals surface area contributed by atoms with Gasteiger partial charge in [0.05, 0.1) is 17.8 Å². The molecule has 1 atom stereocenters. The highest BCUT2D eigenvalue weighted by atomic mass is 32.1. The topological polar surface area (TPSA) is 45.1 Å². The number of thiazole rings is 1. The Morgan fingerprint density at radius 1 is 1.64 bits per heavy atom. The molecule has 1 heterocycles. The summed E-state index contributed by atoms with van der Waals surface area (Å²) >= 11 is 1.60. The summed E-state index contributed by atoms with van der Waals surface area (Å²) in [6.45, 7) is 5.08. The molecule has 0 saturated heterocycles. The third kappa shape index (κ3) is 3.36. The summed E-state index contributed by atoms with van der Waals surface area (Å²) in [5.41, 5.74) is 2.71. The quantitative estimate of drug-likeness (QED) is 0.759. The Morgan fingerprint density at radius 2 is 2.43 bits per heavy atom. The average Bonchev–Trinajstić information content (AvgIpc) is 2.68. The van der Waals surface area contributed by atoms with Crippen LogP contribution in [0.5, 0.6) is 0 Å². The Hall–Kier alpha value is -0.450. The Labute approximate surface area is 89.2 Å². The van der Waals surface area contributed by atoms with Crippen molar-refractivity contribution in [2.24, 2.45) is 0 Å². The molecule has 1 aromatic rings. The van der Waals surface area contributed by atoms with Crippen molar-refractivity contribution in [1.82, 2.24) is 10.3 Å². The molecule has 0 fully saturated rings. The predicted octanol–water partition coefficient (Wildman–Crippen LogP) is 1.78. The summed E-state index contributed by atoms with van der Waals surface area (Å²) in [5, 5.41) is 14.6. The lowest BCUT2D eigenvalue weighted by molar-refractivity contribution is 0.163. The number of rotatable bonds is 6. The third-order valence-corrected chi connectivity index (χ3v) is 2.97. The van der Waals surface area contributed by atoms with Crippen LogP contribution in [0.25, 0.3) is 0 Å². The molecule has 0 saturated carbocycles. The molecule has 0 aliphatic heterocycles. The molecular formula is C10H18N2OS. The van der Waals surface area contributed by atoms with E-state index in [1.807, 2.05) is 17.8 Å². The van der Waals surface area contributed by atoms with Crippen LogP contribution in [0.3, 0.4) is 0 Å². The van der Waals surface area contributed by atoms with Crippen molar-refractivity contribution in [3.63, 3.8) is 0 Å². The van der Waals surface area contributed by atoms with E-state index in [1.165, 1.54) is 0 Å². The summed E-state index contributed by atoms with van der Waals surface area (Å²) in [7, 11) is 0. The molecule has 0 aliphatic carbocycles. The van der Waals surface area contributed by atoms with Crippen LogP contribution in [-0.2, 0) is 6.54 Å². The second kappa shape index (κ2) is 5.44. The lowest BCUT2D eigenvalue weighted by Gasteiger charge is -2.28. The van der Waals surface area contributed by atoms with Crippen molar-refractivity contribution < 1.29 is 5.11 Å². The van der Waals surface area contributed by atoms with Gasteiger partial charge in [-0.2, -0.15) is 0 Å². The smallest absolute Gasteiger partial charge is 0.0795 e. The Balaban J connectivity index is 2.41. The summed E-state index contributed by atoms with van der Waals surface area (Å²) in [6, 6.07) is 0. The zero-order valence-electron chi connectivity index (χ0n) is 8.79. The minimum absolute atomic E-state index is 0.168. The summed E-state index contributed by atoms with van der Waals surface area (Å²) < 4.78 is 0. The van der Waals surface area contributed by atoms with E-state index in [0.717, 1.165) is 25.1 Å². The first-order chi connectivity index (χ1) is 6.70. The fourth-order valence-electron chi connectivity index (χ4n) is 1.40. The molecule has 1 unspecified atom stereocenters. The van der Waals surface area contributed by atoms with E-state index in [-0.39, 0.29) is 12.1 Å². The van der Waals surface area contributed by atoms with Crippen LogP contribution >= 0.6 is 11.3 Å². The van der Waals surface area contributed by atoms with Crippen molar-refractivity contribution in [2.45, 2.75) is 38.8 Å². The van der Waals surface area contributed by atoms with Gasteiger partial charge in [-0.1, -0.05) is 13.3 Å². The molecule has 80 valence electrons. The number of hydrogen-bond donors (Lipinski definition) is 2. The molecule has 0 bridgehead atoms. The number of hydrogen-bond acceptors (Lipinski definition) is 4. The van der Waals surface area contributed by atoms with Crippen molar-refractivity contribution >= 4 is 11.3 Å². The number of nitrogens with one attached hydrogen (secondary N) is 1. The van der Waals surface area contributed by atoms with Crippen molar-refractivity contribution in [3.8, 4) is 0 Å². The SMILES string of the molecule is CCCC(C)(CO)NCc1cscn1. The van der Waals surface area contributed by atoms with Crippen LogP contribution in [-0.4, -0.2) is 22.2 Å². The van der Waals surface area contributed by atoms with Crippen LogP contribution in [0.1, 0.15) is 32.4 Å². The second-order valence-electron chi connectivity index (χ2n) is 3.80. The van der Waals surface area contributed by atoms with E-state index in [1.54, 1.807) is 11.3 Å². The number of aliphatic hydroxyl groups is 1. The average molecular weight is 214 g/mol. The minimum Gasteiger partial charge on any atom is -0.394 e. The fourth-order valence-corrected chi connectivity index (χ4v) is 1.96. The minimum atomic E-state index is -0.168. The first-order valence-electron chi connectivity index (χ1n) is 4.93. The monoisotopic (exact) mass is 214 g/mol. The second-order valence-corrected chi connectivity index (χ2v) is 4.52. The van der Waals surface area contributed by atoms with Gasteiger partial charge in [-0.3, -0.25) is 0 Å².